The molecular formula is C9H5FN2O. The fourth-order valence-electron chi connectivity index (χ4n) is 1.09. The zero-order chi connectivity index (χ0) is 9.42. The van der Waals surface area contributed by atoms with Crippen molar-refractivity contribution < 1.29 is 9.18 Å². The highest BCUT2D eigenvalue weighted by molar-refractivity contribution is 6.27. The Morgan fingerprint density at radius 3 is 2.92 bits per heavy atom. The van der Waals surface area contributed by atoms with Crippen LogP contribution in [0.25, 0.3) is 6.58 Å². The molecule has 1 aromatic rings. The maximum Gasteiger partial charge on any atom is 0.288 e. The van der Waals surface area contributed by atoms with Crippen molar-refractivity contribution in [2.24, 2.45) is 9.98 Å². The number of hydrogen-bond acceptors (Lipinski definition) is 2. The van der Waals surface area contributed by atoms with Gasteiger partial charge in [-0.1, -0.05) is 6.58 Å². The lowest BCUT2D eigenvalue weighted by molar-refractivity contribution is -0.111. The van der Waals surface area contributed by atoms with Crippen molar-refractivity contribution in [1.29, 1.82) is 0 Å². The highest BCUT2D eigenvalue weighted by Crippen LogP contribution is 2.04. The van der Waals surface area contributed by atoms with Crippen LogP contribution in [0, 0.1) is 5.82 Å². The molecule has 0 bridgehead atoms. The van der Waals surface area contributed by atoms with E-state index in [1.165, 1.54) is 12.1 Å². The van der Waals surface area contributed by atoms with Crippen LogP contribution in [0.5, 0.6) is 0 Å². The van der Waals surface area contributed by atoms with Gasteiger partial charge in [-0.3, -0.25) is 4.79 Å². The van der Waals surface area contributed by atoms with Crippen LogP contribution in [0.4, 0.5) is 10.1 Å². The van der Waals surface area contributed by atoms with Gasteiger partial charge in [-0.2, -0.15) is 0 Å². The zero-order valence-electron chi connectivity index (χ0n) is 6.62. The van der Waals surface area contributed by atoms with Crippen molar-refractivity contribution in [2.45, 2.75) is 0 Å². The van der Waals surface area contributed by atoms with Gasteiger partial charge in [0.05, 0.1) is 11.9 Å². The van der Waals surface area contributed by atoms with E-state index < -0.39 is 11.7 Å². The first-order valence-corrected chi connectivity index (χ1v) is 3.63. The lowest BCUT2D eigenvalue weighted by atomic mass is 10.2. The van der Waals surface area contributed by atoms with E-state index in [9.17, 15) is 9.18 Å². The monoisotopic (exact) mass is 176 g/mol. The van der Waals surface area contributed by atoms with Crippen LogP contribution < -0.4 is 10.6 Å². The van der Waals surface area contributed by atoms with Crippen molar-refractivity contribution in [2.75, 3.05) is 0 Å². The molecule has 0 atom stereocenters. The molecule has 0 spiro atoms. The molecule has 1 amide bonds. The number of carbonyl (C=O) groups excluding carboxylic acids is 1. The van der Waals surface area contributed by atoms with Crippen LogP contribution in [-0.4, -0.2) is 12.1 Å². The predicted octanol–water partition coefficient (Wildman–Crippen LogP) is 0.0981. The molecule has 0 saturated heterocycles. The van der Waals surface area contributed by atoms with Crippen LogP contribution in [0.15, 0.2) is 22.1 Å². The quantitative estimate of drug-likeness (QED) is 0.552. The average molecular weight is 176 g/mol. The second-order valence-corrected chi connectivity index (χ2v) is 2.60. The van der Waals surface area contributed by atoms with E-state index >= 15 is 0 Å². The van der Waals surface area contributed by atoms with Gasteiger partial charge in [-0.05, 0) is 12.1 Å². The van der Waals surface area contributed by atoms with E-state index in [0.717, 1.165) is 6.21 Å². The molecule has 0 aliphatic carbocycles. The number of halogens is 1. The van der Waals surface area contributed by atoms with E-state index in [0.29, 0.717) is 5.69 Å². The predicted molar refractivity (Wildman–Crippen MR) is 45.9 cm³/mol. The van der Waals surface area contributed by atoms with Crippen molar-refractivity contribution in [3.63, 3.8) is 0 Å². The summed E-state index contributed by atoms with van der Waals surface area (Å²) in [6, 6.07) is 2.72. The molecule has 64 valence electrons. The highest BCUT2D eigenvalue weighted by atomic mass is 19.1. The fourth-order valence-corrected chi connectivity index (χ4v) is 1.09. The second kappa shape index (κ2) is 2.58. The summed E-state index contributed by atoms with van der Waals surface area (Å²) in [5.74, 6) is -0.963. The number of rotatable bonds is 0. The minimum absolute atomic E-state index is 0.114. The molecule has 4 heteroatoms. The summed E-state index contributed by atoms with van der Waals surface area (Å²) in [4.78, 5) is 18.2. The highest BCUT2D eigenvalue weighted by Gasteiger charge is 2.06. The van der Waals surface area contributed by atoms with Crippen LogP contribution in [-0.2, 0) is 4.79 Å². The molecule has 0 fully saturated rings. The first-order chi connectivity index (χ1) is 6.18. The molecule has 0 aromatic heterocycles. The number of amides is 1. The smallest absolute Gasteiger partial charge is 0.266 e. The normalized spacial score (nSPS) is 13.8. The van der Waals surface area contributed by atoms with Crippen LogP contribution >= 0.6 is 0 Å². The van der Waals surface area contributed by atoms with Gasteiger partial charge in [0.2, 0.25) is 0 Å². The molecule has 0 N–H and O–H groups in total. The lowest BCUT2D eigenvalue weighted by Gasteiger charge is -1.99. The van der Waals surface area contributed by atoms with Gasteiger partial charge >= 0.3 is 0 Å². The minimum atomic E-state index is -0.483. The molecule has 1 aliphatic heterocycles. The Labute approximate surface area is 72.9 Å². The summed E-state index contributed by atoms with van der Waals surface area (Å²) < 4.78 is 12.9. The molecule has 0 unspecified atom stereocenters. The minimum Gasteiger partial charge on any atom is -0.266 e. The molecule has 3 nitrogen and oxygen atoms in total. The van der Waals surface area contributed by atoms with Crippen molar-refractivity contribution >= 4 is 24.4 Å². The number of fused-ring (bicyclic) bond motifs is 1. The van der Waals surface area contributed by atoms with Gasteiger partial charge in [0.15, 0.2) is 0 Å². The Morgan fingerprint density at radius 1 is 1.38 bits per heavy atom. The van der Waals surface area contributed by atoms with Crippen molar-refractivity contribution in [3.8, 4) is 0 Å². The third kappa shape index (κ3) is 1.16. The fraction of sp³-hybridized carbons (Fsp3) is 0. The standard InChI is InChI=1S/C9H5FN2O/c1-5-6(10)2-3-7-9(5)12-8(13)4-11-7/h2-4H,1H2. The summed E-state index contributed by atoms with van der Waals surface area (Å²) in [7, 11) is 0. The molecule has 2 rings (SSSR count). The van der Waals surface area contributed by atoms with Crippen molar-refractivity contribution in [1.82, 2.24) is 0 Å². The van der Waals surface area contributed by atoms with E-state index in [1.807, 2.05) is 0 Å². The van der Waals surface area contributed by atoms with Gasteiger partial charge in [-0.15, -0.1) is 0 Å². The number of carbonyl (C=O) groups is 1. The van der Waals surface area contributed by atoms with E-state index in [4.69, 9.17) is 0 Å². The van der Waals surface area contributed by atoms with Crippen LogP contribution in [0.2, 0.25) is 0 Å². The maximum absolute atomic E-state index is 12.9. The number of hydrogen-bond donors (Lipinski definition) is 0. The van der Waals surface area contributed by atoms with Gasteiger partial charge in [-0.25, -0.2) is 14.4 Å². The van der Waals surface area contributed by atoms with Gasteiger partial charge in [0.25, 0.3) is 5.91 Å². The summed E-state index contributed by atoms with van der Waals surface area (Å²) in [5.41, 5.74) is 0.478. The maximum atomic E-state index is 12.9. The van der Waals surface area contributed by atoms with Gasteiger partial charge < -0.3 is 0 Å². The number of benzene rings is 1. The molecule has 1 aliphatic rings. The molecule has 1 heterocycles. The molecule has 0 saturated carbocycles. The molecule has 13 heavy (non-hydrogen) atoms. The third-order valence-electron chi connectivity index (χ3n) is 1.74. The van der Waals surface area contributed by atoms with Crippen LogP contribution in [0.1, 0.15) is 0 Å². The summed E-state index contributed by atoms with van der Waals surface area (Å²) in [6.45, 7) is 3.47. The molecular weight excluding hydrogens is 171 g/mol. The Kier molecular flexibility index (Phi) is 1.55. The van der Waals surface area contributed by atoms with E-state index in [2.05, 4.69) is 16.6 Å². The Hall–Kier alpha value is -1.84. The molecule has 1 aromatic carbocycles. The lowest BCUT2D eigenvalue weighted by Crippen LogP contribution is -2.30. The zero-order valence-corrected chi connectivity index (χ0v) is 6.62. The number of aliphatic imine (C=N–C) groups is 1. The van der Waals surface area contributed by atoms with E-state index in [1.54, 1.807) is 0 Å². The van der Waals surface area contributed by atoms with Gasteiger partial charge in [0, 0.05) is 5.22 Å². The summed E-state index contributed by atoms with van der Waals surface area (Å²) >= 11 is 0. The van der Waals surface area contributed by atoms with Crippen LogP contribution in [0.3, 0.4) is 0 Å². The Bertz CT molecular complexity index is 519. The van der Waals surface area contributed by atoms with E-state index in [-0.39, 0.29) is 10.6 Å². The Morgan fingerprint density at radius 2 is 2.15 bits per heavy atom. The summed E-state index contributed by atoms with van der Waals surface area (Å²) in [5, 5.41) is 0.343. The first-order valence-electron chi connectivity index (χ1n) is 3.63. The van der Waals surface area contributed by atoms with Gasteiger partial charge in [0.1, 0.15) is 11.2 Å². The second-order valence-electron chi connectivity index (χ2n) is 2.60. The largest absolute Gasteiger partial charge is 0.288 e. The third-order valence-corrected chi connectivity index (χ3v) is 1.74. The Balaban J connectivity index is 2.92. The first kappa shape index (κ1) is 7.79. The number of nitrogens with zero attached hydrogens (tertiary/aromatic N) is 2. The molecule has 0 radical (unpaired) electrons. The van der Waals surface area contributed by atoms with Crippen molar-refractivity contribution in [3.05, 3.63) is 28.5 Å². The average Bonchev–Trinajstić information content (AvgIpc) is 2.12. The topological polar surface area (TPSA) is 41.8 Å². The SMILES string of the molecule is C=c1c(F)ccc2c1=NC(=O)C=N2. The summed E-state index contributed by atoms with van der Waals surface area (Å²) in [6.07, 6.45) is 1.10.